The molecule has 0 radical (unpaired) electrons. The predicted octanol–water partition coefficient (Wildman–Crippen LogP) is 4.23. The molecule has 2 heterocycles. The number of nitrogens with zero attached hydrogens (tertiary/aromatic N) is 4. The Morgan fingerprint density at radius 2 is 1.93 bits per heavy atom. The van der Waals surface area contributed by atoms with Crippen molar-refractivity contribution in [3.05, 3.63) is 52.6 Å². The Morgan fingerprint density at radius 1 is 1.18 bits per heavy atom. The highest BCUT2D eigenvalue weighted by Crippen LogP contribution is 2.26. The van der Waals surface area contributed by atoms with Gasteiger partial charge in [0, 0.05) is 11.3 Å². The molecular formula is C18H17ClF3N5O. The molecule has 0 bridgehead atoms. The maximum atomic E-state index is 13.9. The highest BCUT2D eigenvalue weighted by atomic mass is 35.5. The largest absolute Gasteiger partial charge is 0.391 e. The van der Waals surface area contributed by atoms with Crippen LogP contribution in [-0.2, 0) is 6.54 Å². The molecule has 3 rings (SSSR count). The van der Waals surface area contributed by atoms with Crippen LogP contribution in [0.1, 0.15) is 19.0 Å². The number of rotatable bonds is 6. The minimum Gasteiger partial charge on any atom is -0.391 e. The maximum Gasteiger partial charge on any atom is 0.247 e. The summed E-state index contributed by atoms with van der Waals surface area (Å²) < 4.78 is 42.0. The molecule has 0 aliphatic carbocycles. The predicted molar refractivity (Wildman–Crippen MR) is 98.9 cm³/mol. The second-order valence-corrected chi connectivity index (χ2v) is 6.56. The number of hydrogen-bond acceptors (Lipinski definition) is 5. The van der Waals surface area contributed by atoms with Crippen LogP contribution >= 0.6 is 11.6 Å². The number of benzene rings is 1. The Hall–Kier alpha value is -2.65. The van der Waals surface area contributed by atoms with Crippen molar-refractivity contribution in [2.75, 3.05) is 5.32 Å². The SMILES string of the molecule is CC[C@H](O)Cn1nc(Nc2ccc(F)c(F)c2F)nc1-c1cc(C)nc(Cl)c1. The Bertz CT molecular complexity index is 991. The number of pyridine rings is 1. The number of halogens is 4. The first-order chi connectivity index (χ1) is 13.3. The van der Waals surface area contributed by atoms with Crippen LogP contribution in [0.4, 0.5) is 24.8 Å². The van der Waals surface area contributed by atoms with Gasteiger partial charge in [-0.1, -0.05) is 18.5 Å². The first-order valence-electron chi connectivity index (χ1n) is 8.46. The van der Waals surface area contributed by atoms with E-state index in [1.807, 2.05) is 6.92 Å². The lowest BCUT2D eigenvalue weighted by Crippen LogP contribution is -2.17. The van der Waals surface area contributed by atoms with Crippen LogP contribution in [0.2, 0.25) is 5.15 Å². The van der Waals surface area contributed by atoms with Gasteiger partial charge in [-0.3, -0.25) is 0 Å². The molecule has 1 aromatic carbocycles. The van der Waals surface area contributed by atoms with E-state index in [2.05, 4.69) is 20.4 Å². The van der Waals surface area contributed by atoms with Gasteiger partial charge in [-0.15, -0.1) is 5.10 Å². The molecule has 0 saturated heterocycles. The van der Waals surface area contributed by atoms with Crippen molar-refractivity contribution in [3.63, 3.8) is 0 Å². The van der Waals surface area contributed by atoms with Crippen molar-refractivity contribution in [1.29, 1.82) is 0 Å². The highest BCUT2D eigenvalue weighted by molar-refractivity contribution is 6.29. The number of aliphatic hydroxyl groups excluding tert-OH is 1. The van der Waals surface area contributed by atoms with Gasteiger partial charge in [0.1, 0.15) is 5.15 Å². The van der Waals surface area contributed by atoms with Crippen LogP contribution in [0, 0.1) is 24.4 Å². The zero-order valence-electron chi connectivity index (χ0n) is 15.0. The van der Waals surface area contributed by atoms with Gasteiger partial charge in [0.15, 0.2) is 23.3 Å². The smallest absolute Gasteiger partial charge is 0.247 e. The van der Waals surface area contributed by atoms with Gasteiger partial charge in [-0.05, 0) is 37.6 Å². The fraction of sp³-hybridized carbons (Fsp3) is 0.278. The Labute approximate surface area is 164 Å². The standard InChI is InChI=1S/C18H17ClF3N5O/c1-3-11(28)8-27-17(10-6-9(2)23-14(19)7-10)25-18(26-27)24-13-5-4-12(20)15(21)16(13)22/h4-7,11,28H,3,8H2,1-2H3,(H,24,26)/t11-/m0/s1. The molecule has 2 N–H and O–H groups in total. The van der Waals surface area contributed by atoms with Gasteiger partial charge in [-0.25, -0.2) is 22.8 Å². The number of aryl methyl sites for hydroxylation is 1. The van der Waals surface area contributed by atoms with Gasteiger partial charge in [0.05, 0.1) is 18.3 Å². The van der Waals surface area contributed by atoms with Crippen LogP contribution in [-0.4, -0.2) is 31.0 Å². The molecule has 0 unspecified atom stereocenters. The van der Waals surface area contributed by atoms with Crippen molar-refractivity contribution in [2.45, 2.75) is 32.9 Å². The Kier molecular flexibility index (Phi) is 5.85. The molecule has 2 aromatic heterocycles. The van der Waals surface area contributed by atoms with E-state index in [-0.39, 0.29) is 23.3 Å². The summed E-state index contributed by atoms with van der Waals surface area (Å²) in [5, 5.41) is 17.0. The summed E-state index contributed by atoms with van der Waals surface area (Å²) in [6.45, 7) is 3.69. The average molecular weight is 412 g/mol. The highest BCUT2D eigenvalue weighted by Gasteiger charge is 2.19. The van der Waals surface area contributed by atoms with E-state index >= 15 is 0 Å². The van der Waals surface area contributed by atoms with Crippen LogP contribution in [0.3, 0.4) is 0 Å². The molecule has 1 atom stereocenters. The Balaban J connectivity index is 2.02. The molecule has 0 amide bonds. The number of hydrogen-bond donors (Lipinski definition) is 2. The lowest BCUT2D eigenvalue weighted by Gasteiger charge is -2.10. The molecule has 28 heavy (non-hydrogen) atoms. The van der Waals surface area contributed by atoms with Crippen molar-refractivity contribution in [2.24, 2.45) is 0 Å². The van der Waals surface area contributed by atoms with Crippen LogP contribution in [0.5, 0.6) is 0 Å². The fourth-order valence-electron chi connectivity index (χ4n) is 2.56. The average Bonchev–Trinajstić information content (AvgIpc) is 3.03. The minimum absolute atomic E-state index is 0.0474. The van der Waals surface area contributed by atoms with E-state index in [0.717, 1.165) is 12.1 Å². The lowest BCUT2D eigenvalue weighted by molar-refractivity contribution is 0.146. The van der Waals surface area contributed by atoms with E-state index in [0.29, 0.717) is 23.5 Å². The first kappa shape index (κ1) is 20.1. The number of aliphatic hydroxyl groups is 1. The van der Waals surface area contributed by atoms with Crippen LogP contribution in [0.15, 0.2) is 24.3 Å². The van der Waals surface area contributed by atoms with Gasteiger partial charge < -0.3 is 10.4 Å². The van der Waals surface area contributed by atoms with E-state index in [1.165, 1.54) is 4.68 Å². The molecule has 0 fully saturated rings. The summed E-state index contributed by atoms with van der Waals surface area (Å²) in [5.41, 5.74) is 0.920. The van der Waals surface area contributed by atoms with Crippen molar-refractivity contribution >= 4 is 23.2 Å². The summed E-state index contributed by atoms with van der Waals surface area (Å²) in [7, 11) is 0. The third kappa shape index (κ3) is 4.26. The summed E-state index contributed by atoms with van der Waals surface area (Å²) in [6, 6.07) is 5.15. The summed E-state index contributed by atoms with van der Waals surface area (Å²) in [5.74, 6) is -3.97. The molecule has 0 spiro atoms. The molecule has 3 aromatic rings. The van der Waals surface area contributed by atoms with E-state index in [1.54, 1.807) is 19.1 Å². The molecule has 148 valence electrons. The normalized spacial score (nSPS) is 12.2. The quantitative estimate of drug-likeness (QED) is 0.469. The zero-order chi connectivity index (χ0) is 20.4. The van der Waals surface area contributed by atoms with Gasteiger partial charge in [-0.2, -0.15) is 4.98 Å². The first-order valence-corrected chi connectivity index (χ1v) is 8.84. The van der Waals surface area contributed by atoms with Crippen molar-refractivity contribution < 1.29 is 18.3 Å². The molecule has 0 aliphatic rings. The number of anilines is 2. The fourth-order valence-corrected chi connectivity index (χ4v) is 2.82. The monoisotopic (exact) mass is 411 g/mol. The minimum atomic E-state index is -1.59. The van der Waals surface area contributed by atoms with Crippen molar-refractivity contribution in [3.8, 4) is 11.4 Å². The molecule has 6 nitrogen and oxygen atoms in total. The molecule has 10 heteroatoms. The molecule has 0 saturated carbocycles. The van der Waals surface area contributed by atoms with Gasteiger partial charge in [0.25, 0.3) is 0 Å². The van der Waals surface area contributed by atoms with Crippen LogP contribution < -0.4 is 5.32 Å². The summed E-state index contributed by atoms with van der Waals surface area (Å²) in [6.07, 6.45) is -0.206. The summed E-state index contributed by atoms with van der Waals surface area (Å²) in [4.78, 5) is 8.39. The second kappa shape index (κ2) is 8.15. The molecular weight excluding hydrogens is 395 g/mol. The third-order valence-electron chi connectivity index (χ3n) is 3.99. The van der Waals surface area contributed by atoms with E-state index < -0.39 is 23.6 Å². The van der Waals surface area contributed by atoms with Gasteiger partial charge in [0.2, 0.25) is 5.95 Å². The number of aromatic nitrogens is 4. The summed E-state index contributed by atoms with van der Waals surface area (Å²) >= 11 is 6.01. The maximum absolute atomic E-state index is 13.9. The zero-order valence-corrected chi connectivity index (χ0v) is 15.8. The molecule has 0 aliphatic heterocycles. The lowest BCUT2D eigenvalue weighted by atomic mass is 10.2. The second-order valence-electron chi connectivity index (χ2n) is 6.17. The topological polar surface area (TPSA) is 75.9 Å². The van der Waals surface area contributed by atoms with E-state index in [4.69, 9.17) is 11.6 Å². The van der Waals surface area contributed by atoms with Crippen molar-refractivity contribution in [1.82, 2.24) is 19.7 Å². The van der Waals surface area contributed by atoms with E-state index in [9.17, 15) is 18.3 Å². The number of nitrogens with one attached hydrogen (secondary N) is 1. The third-order valence-corrected chi connectivity index (χ3v) is 4.18. The van der Waals surface area contributed by atoms with Gasteiger partial charge >= 0.3 is 0 Å². The van der Waals surface area contributed by atoms with Crippen LogP contribution in [0.25, 0.3) is 11.4 Å². The Morgan fingerprint density at radius 3 is 2.61 bits per heavy atom.